The Labute approximate surface area is 214 Å². The van der Waals surface area contributed by atoms with Crippen molar-refractivity contribution in [3.8, 4) is 0 Å². The number of nitrogens with two attached hydrogens (primary N) is 2. The van der Waals surface area contributed by atoms with Crippen molar-refractivity contribution in [3.63, 3.8) is 0 Å². The lowest BCUT2D eigenvalue weighted by atomic mass is 10.0. The topological polar surface area (TPSA) is 199 Å². The third-order valence-corrected chi connectivity index (χ3v) is 6.96. The zero-order chi connectivity index (χ0) is 27.0. The van der Waals surface area contributed by atoms with Crippen LogP contribution >= 0.6 is 0 Å². The minimum Gasteiger partial charge on any atom is -0.480 e. The number of sulfonamides is 1. The fourth-order valence-electron chi connectivity index (χ4n) is 3.64. The molecule has 0 saturated carbocycles. The second-order valence-electron chi connectivity index (χ2n) is 8.47. The minimum atomic E-state index is -4.10. The summed E-state index contributed by atoms with van der Waals surface area (Å²) in [6, 6.07) is 11.6. The molecule has 2 aromatic rings. The summed E-state index contributed by atoms with van der Waals surface area (Å²) in [6.07, 6.45) is 1.45. The molecule has 2 atom stereocenters. The van der Waals surface area contributed by atoms with Crippen molar-refractivity contribution in [2.24, 2.45) is 21.6 Å². The number of benzene rings is 2. The number of carbonyl (C=O) groups excluding carboxylic acids is 1. The SMILES string of the molecule is CCCc1ccc(S(=O)(=O)N[C@@H](CNC(=O)C[C@H]2CC(c3ccc(N=C(N)N)cc3)=NO2)C(=O)O)cc1. The molecule has 198 valence electrons. The van der Waals surface area contributed by atoms with Gasteiger partial charge < -0.3 is 26.7 Å². The van der Waals surface area contributed by atoms with E-state index < -0.39 is 40.6 Å². The highest BCUT2D eigenvalue weighted by atomic mass is 32.2. The summed E-state index contributed by atoms with van der Waals surface area (Å²) in [5.74, 6) is -1.98. The average molecular weight is 531 g/mol. The van der Waals surface area contributed by atoms with E-state index in [1.54, 1.807) is 36.4 Å². The van der Waals surface area contributed by atoms with Gasteiger partial charge in [-0.15, -0.1) is 0 Å². The predicted octanol–water partition coefficient (Wildman–Crippen LogP) is 0.975. The van der Waals surface area contributed by atoms with E-state index in [9.17, 15) is 23.1 Å². The van der Waals surface area contributed by atoms with E-state index in [0.29, 0.717) is 17.8 Å². The maximum absolute atomic E-state index is 12.6. The standard InChI is InChI=1S/C24H30N6O6S/c1-2-3-15-4-10-19(11-5-15)37(34,35)30-21(23(32)33)14-27-22(31)13-18-12-20(29-36-18)16-6-8-17(9-7-16)28-24(25)26/h4-11,18,21,30H,2-3,12-14H2,1H3,(H,27,31)(H,32,33)(H4,25,26,28)/t18-,21+/m1/s1. The van der Waals surface area contributed by atoms with Crippen LogP contribution in [-0.4, -0.2) is 55.8 Å². The highest BCUT2D eigenvalue weighted by molar-refractivity contribution is 7.89. The molecule has 1 heterocycles. The molecule has 0 fully saturated rings. The number of hydrogen-bond acceptors (Lipinski definition) is 7. The number of aliphatic carboxylic acids is 1. The number of rotatable bonds is 12. The quantitative estimate of drug-likeness (QED) is 0.197. The lowest BCUT2D eigenvalue weighted by molar-refractivity contribution is -0.138. The van der Waals surface area contributed by atoms with Crippen LogP contribution in [0.15, 0.2) is 63.6 Å². The molecule has 13 heteroatoms. The molecule has 37 heavy (non-hydrogen) atoms. The highest BCUT2D eigenvalue weighted by Crippen LogP contribution is 2.21. The second-order valence-corrected chi connectivity index (χ2v) is 10.2. The van der Waals surface area contributed by atoms with Gasteiger partial charge in [0, 0.05) is 13.0 Å². The van der Waals surface area contributed by atoms with E-state index >= 15 is 0 Å². The van der Waals surface area contributed by atoms with E-state index in [1.165, 1.54) is 12.1 Å². The van der Waals surface area contributed by atoms with Crippen LogP contribution in [0.4, 0.5) is 5.69 Å². The van der Waals surface area contributed by atoms with Crippen molar-refractivity contribution in [2.45, 2.75) is 49.6 Å². The monoisotopic (exact) mass is 530 g/mol. The number of oxime groups is 1. The summed E-state index contributed by atoms with van der Waals surface area (Å²) < 4.78 is 27.4. The van der Waals surface area contributed by atoms with Gasteiger partial charge in [0.15, 0.2) is 5.96 Å². The molecule has 0 bridgehead atoms. The van der Waals surface area contributed by atoms with Crippen LogP contribution in [0, 0.1) is 0 Å². The van der Waals surface area contributed by atoms with Gasteiger partial charge >= 0.3 is 5.97 Å². The summed E-state index contributed by atoms with van der Waals surface area (Å²) in [5, 5.41) is 16.0. The van der Waals surface area contributed by atoms with E-state index in [1.807, 2.05) is 6.92 Å². The smallest absolute Gasteiger partial charge is 0.323 e. The van der Waals surface area contributed by atoms with Crippen LogP contribution in [0.25, 0.3) is 0 Å². The third kappa shape index (κ3) is 8.02. The Kier molecular flexibility index (Phi) is 9.20. The van der Waals surface area contributed by atoms with Crippen molar-refractivity contribution in [1.29, 1.82) is 0 Å². The van der Waals surface area contributed by atoms with Gasteiger partial charge in [-0.2, -0.15) is 4.72 Å². The van der Waals surface area contributed by atoms with Gasteiger partial charge in [0.1, 0.15) is 12.1 Å². The van der Waals surface area contributed by atoms with Gasteiger partial charge in [-0.05, 0) is 41.8 Å². The molecule has 0 aliphatic carbocycles. The number of aliphatic imine (C=N–C) groups is 1. The normalized spacial score (nSPS) is 15.8. The largest absolute Gasteiger partial charge is 0.480 e. The Morgan fingerprint density at radius 2 is 1.84 bits per heavy atom. The molecular formula is C24H30N6O6S. The van der Waals surface area contributed by atoms with Crippen LogP contribution in [0.3, 0.4) is 0 Å². The van der Waals surface area contributed by atoms with Crippen molar-refractivity contribution in [3.05, 3.63) is 59.7 Å². The fraction of sp³-hybridized carbons (Fsp3) is 0.333. The van der Waals surface area contributed by atoms with Crippen molar-refractivity contribution in [1.82, 2.24) is 10.0 Å². The summed E-state index contributed by atoms with van der Waals surface area (Å²) in [5.41, 5.74) is 13.7. The van der Waals surface area contributed by atoms with Crippen LogP contribution in [0.1, 0.15) is 37.3 Å². The average Bonchev–Trinajstić information content (AvgIpc) is 3.30. The Morgan fingerprint density at radius 1 is 1.16 bits per heavy atom. The number of nitrogens with one attached hydrogen (secondary N) is 2. The summed E-state index contributed by atoms with van der Waals surface area (Å²) in [7, 11) is -4.10. The number of carbonyl (C=O) groups is 2. The number of carboxylic acid groups (broad SMARTS) is 1. The van der Waals surface area contributed by atoms with Gasteiger partial charge in [-0.3, -0.25) is 9.59 Å². The molecule has 0 aromatic heterocycles. The van der Waals surface area contributed by atoms with Crippen molar-refractivity contribution >= 4 is 39.3 Å². The Balaban J connectivity index is 1.51. The van der Waals surface area contributed by atoms with Gasteiger partial charge in [0.05, 0.1) is 22.7 Å². The predicted molar refractivity (Wildman–Crippen MR) is 138 cm³/mol. The molecule has 2 aromatic carbocycles. The highest BCUT2D eigenvalue weighted by Gasteiger charge is 2.28. The number of aryl methyl sites for hydroxylation is 1. The first-order chi connectivity index (χ1) is 17.6. The first-order valence-electron chi connectivity index (χ1n) is 11.6. The van der Waals surface area contributed by atoms with E-state index in [0.717, 1.165) is 24.0 Å². The molecule has 0 radical (unpaired) electrons. The lowest BCUT2D eigenvalue weighted by Crippen LogP contribution is -2.48. The zero-order valence-electron chi connectivity index (χ0n) is 20.3. The number of hydrogen-bond donors (Lipinski definition) is 5. The number of nitrogens with zero attached hydrogens (tertiary/aromatic N) is 2. The maximum Gasteiger partial charge on any atom is 0.323 e. The van der Waals surface area contributed by atoms with Crippen LogP contribution < -0.4 is 21.5 Å². The molecule has 1 aliphatic heterocycles. The second kappa shape index (κ2) is 12.3. The molecule has 0 spiro atoms. The Bertz CT molecular complexity index is 1270. The number of guanidine groups is 1. The van der Waals surface area contributed by atoms with Crippen LogP contribution in [0.5, 0.6) is 0 Å². The maximum atomic E-state index is 12.6. The number of carboxylic acids is 1. The fourth-order valence-corrected chi connectivity index (χ4v) is 4.83. The molecule has 0 unspecified atom stereocenters. The first-order valence-corrected chi connectivity index (χ1v) is 13.1. The van der Waals surface area contributed by atoms with Crippen LogP contribution in [-0.2, 0) is 30.9 Å². The number of amides is 1. The summed E-state index contributed by atoms with van der Waals surface area (Å²) in [6.45, 7) is 1.58. The van der Waals surface area contributed by atoms with Crippen molar-refractivity contribution < 1.29 is 28.0 Å². The molecule has 12 nitrogen and oxygen atoms in total. The molecule has 0 saturated heterocycles. The molecular weight excluding hydrogens is 500 g/mol. The van der Waals surface area contributed by atoms with E-state index in [-0.39, 0.29) is 17.3 Å². The minimum absolute atomic E-state index is 0.0553. The third-order valence-electron chi connectivity index (χ3n) is 5.48. The van der Waals surface area contributed by atoms with Crippen molar-refractivity contribution in [2.75, 3.05) is 6.54 Å². The summed E-state index contributed by atoms with van der Waals surface area (Å²) >= 11 is 0. The molecule has 3 rings (SSSR count). The lowest BCUT2D eigenvalue weighted by Gasteiger charge is -2.16. The van der Waals surface area contributed by atoms with Gasteiger partial charge in [0.25, 0.3) is 0 Å². The first kappa shape index (κ1) is 27.6. The van der Waals surface area contributed by atoms with Gasteiger partial charge in [-0.25, -0.2) is 13.4 Å². The Hall–Kier alpha value is -3.97. The molecule has 1 aliphatic rings. The van der Waals surface area contributed by atoms with E-state index in [4.69, 9.17) is 16.3 Å². The zero-order valence-corrected chi connectivity index (χ0v) is 21.1. The Morgan fingerprint density at radius 3 is 2.43 bits per heavy atom. The van der Waals surface area contributed by atoms with Crippen LogP contribution in [0.2, 0.25) is 0 Å². The molecule has 7 N–H and O–H groups in total. The van der Waals surface area contributed by atoms with E-state index in [2.05, 4.69) is 20.2 Å². The summed E-state index contributed by atoms with van der Waals surface area (Å²) in [4.78, 5) is 33.3. The van der Waals surface area contributed by atoms with Gasteiger partial charge in [-0.1, -0.05) is 42.8 Å². The molecule has 1 amide bonds. The van der Waals surface area contributed by atoms with Gasteiger partial charge in [0.2, 0.25) is 15.9 Å².